The summed E-state index contributed by atoms with van der Waals surface area (Å²) in [6, 6.07) is 15.1. The fourth-order valence-electron chi connectivity index (χ4n) is 3.00. The van der Waals surface area contributed by atoms with E-state index in [2.05, 4.69) is 5.32 Å². The third kappa shape index (κ3) is 4.46. The number of hydrogen-bond donors (Lipinski definition) is 1. The first kappa shape index (κ1) is 18.9. The molecule has 0 saturated heterocycles. The number of nitrogens with zero attached hydrogens (tertiary/aromatic N) is 1. The minimum Gasteiger partial charge on any atom is -0.479 e. The number of rotatable bonds is 7. The van der Waals surface area contributed by atoms with Gasteiger partial charge >= 0.3 is 0 Å². The van der Waals surface area contributed by atoms with Crippen molar-refractivity contribution in [2.45, 2.75) is 33.1 Å². The van der Waals surface area contributed by atoms with Gasteiger partial charge in [0.1, 0.15) is 12.3 Å². The molecule has 2 amide bonds. The molecule has 0 bridgehead atoms. The first-order chi connectivity index (χ1) is 13.1. The molecule has 27 heavy (non-hydrogen) atoms. The lowest BCUT2D eigenvalue weighted by Crippen LogP contribution is -2.48. The molecule has 1 unspecified atom stereocenters. The molecule has 1 atom stereocenters. The van der Waals surface area contributed by atoms with Crippen LogP contribution in [0.3, 0.4) is 0 Å². The van der Waals surface area contributed by atoms with Crippen LogP contribution in [0.25, 0.3) is 0 Å². The molecule has 0 saturated carbocycles. The Morgan fingerprint density at radius 1 is 1.15 bits per heavy atom. The van der Waals surface area contributed by atoms with E-state index in [1.165, 1.54) is 4.90 Å². The van der Waals surface area contributed by atoms with Gasteiger partial charge in [-0.2, -0.15) is 0 Å². The lowest BCUT2D eigenvalue weighted by molar-refractivity contribution is -0.128. The minimum atomic E-state index is -0.611. The van der Waals surface area contributed by atoms with Gasteiger partial charge in [0.05, 0.1) is 12.3 Å². The summed E-state index contributed by atoms with van der Waals surface area (Å²) in [7, 11) is 0. The zero-order valence-electron chi connectivity index (χ0n) is 15.6. The highest BCUT2D eigenvalue weighted by atomic mass is 16.5. The molecule has 142 valence electrons. The Labute approximate surface area is 159 Å². The van der Waals surface area contributed by atoms with Crippen LogP contribution in [0.2, 0.25) is 0 Å². The van der Waals surface area contributed by atoms with E-state index in [1.54, 1.807) is 19.1 Å². The maximum Gasteiger partial charge on any atom is 0.268 e. The molecule has 1 N–H and O–H groups in total. The fraction of sp³-hybridized carbons (Fsp3) is 0.333. The number of fused-ring (bicyclic) bond motifs is 1. The first-order valence-corrected chi connectivity index (χ1v) is 9.08. The molecule has 2 aromatic rings. The van der Waals surface area contributed by atoms with E-state index in [-0.39, 0.29) is 18.4 Å². The van der Waals surface area contributed by atoms with Crippen LogP contribution in [0.15, 0.2) is 48.5 Å². The van der Waals surface area contributed by atoms with Gasteiger partial charge in [0, 0.05) is 13.2 Å². The number of anilines is 1. The van der Waals surface area contributed by atoms with Crippen molar-refractivity contribution in [2.75, 3.05) is 18.1 Å². The highest BCUT2D eigenvalue weighted by molar-refractivity contribution is 6.03. The number of carbonyl (C=O) groups is 2. The molecule has 1 aliphatic heterocycles. The van der Waals surface area contributed by atoms with Crippen molar-refractivity contribution in [3.8, 4) is 5.75 Å². The normalized spacial score (nSPS) is 15.9. The van der Waals surface area contributed by atoms with Crippen molar-refractivity contribution < 1.29 is 19.1 Å². The van der Waals surface area contributed by atoms with Crippen molar-refractivity contribution in [2.24, 2.45) is 0 Å². The summed E-state index contributed by atoms with van der Waals surface area (Å²) in [5, 5.41) is 2.90. The van der Waals surface area contributed by atoms with Gasteiger partial charge in [0.2, 0.25) is 5.91 Å². The predicted octanol–water partition coefficient (Wildman–Crippen LogP) is 2.65. The molecule has 6 nitrogen and oxygen atoms in total. The molecule has 6 heteroatoms. The number of hydrogen-bond acceptors (Lipinski definition) is 4. The lowest BCUT2D eigenvalue weighted by atomic mass is 10.1. The first-order valence-electron chi connectivity index (χ1n) is 9.08. The summed E-state index contributed by atoms with van der Waals surface area (Å²) >= 11 is 0. The maximum atomic E-state index is 12.5. The van der Waals surface area contributed by atoms with Crippen LogP contribution in [0.4, 0.5) is 5.69 Å². The topological polar surface area (TPSA) is 67.9 Å². The number of amides is 2. The van der Waals surface area contributed by atoms with Gasteiger partial charge in [0.25, 0.3) is 5.91 Å². The second-order valence-electron chi connectivity index (χ2n) is 6.33. The number of ether oxygens (including phenoxy) is 2. The summed E-state index contributed by atoms with van der Waals surface area (Å²) < 4.78 is 11.1. The minimum absolute atomic E-state index is 0.0445. The SMILES string of the molecule is CCOCc1ccccc1CNC(=O)CN1C(=O)C(C)Oc2ccccc21. The molecular weight excluding hydrogens is 344 g/mol. The van der Waals surface area contributed by atoms with Gasteiger partial charge in [-0.1, -0.05) is 36.4 Å². The number of para-hydroxylation sites is 2. The molecule has 0 aromatic heterocycles. The molecule has 0 spiro atoms. The van der Waals surface area contributed by atoms with Crippen LogP contribution in [-0.2, 0) is 27.5 Å². The summed E-state index contributed by atoms with van der Waals surface area (Å²) in [6.45, 7) is 5.12. The quantitative estimate of drug-likeness (QED) is 0.816. The van der Waals surface area contributed by atoms with Gasteiger partial charge in [-0.15, -0.1) is 0 Å². The fourth-order valence-corrected chi connectivity index (χ4v) is 3.00. The van der Waals surface area contributed by atoms with Crippen LogP contribution < -0.4 is 15.0 Å². The van der Waals surface area contributed by atoms with Crippen molar-refractivity contribution >= 4 is 17.5 Å². The van der Waals surface area contributed by atoms with Crippen molar-refractivity contribution in [1.82, 2.24) is 5.32 Å². The molecule has 0 aliphatic carbocycles. The van der Waals surface area contributed by atoms with Gasteiger partial charge in [-0.3, -0.25) is 14.5 Å². The highest BCUT2D eigenvalue weighted by Crippen LogP contribution is 2.33. The maximum absolute atomic E-state index is 12.5. The van der Waals surface area contributed by atoms with Gasteiger partial charge < -0.3 is 14.8 Å². The van der Waals surface area contributed by atoms with Crippen LogP contribution in [0.5, 0.6) is 5.75 Å². The highest BCUT2D eigenvalue weighted by Gasteiger charge is 2.32. The molecule has 0 fully saturated rings. The molecule has 1 aliphatic rings. The summed E-state index contributed by atoms with van der Waals surface area (Å²) in [4.78, 5) is 26.4. The van der Waals surface area contributed by atoms with E-state index in [1.807, 2.05) is 43.3 Å². The summed E-state index contributed by atoms with van der Waals surface area (Å²) in [6.07, 6.45) is -0.611. The molecule has 3 rings (SSSR count). The van der Waals surface area contributed by atoms with E-state index in [0.29, 0.717) is 31.2 Å². The summed E-state index contributed by atoms with van der Waals surface area (Å²) in [5.41, 5.74) is 2.66. The molecule has 1 heterocycles. The van der Waals surface area contributed by atoms with E-state index in [0.717, 1.165) is 11.1 Å². The zero-order valence-corrected chi connectivity index (χ0v) is 15.6. The number of nitrogens with one attached hydrogen (secondary N) is 1. The molecule has 2 aromatic carbocycles. The third-order valence-corrected chi connectivity index (χ3v) is 4.43. The molecular formula is C21H24N2O4. The Balaban J connectivity index is 1.66. The van der Waals surface area contributed by atoms with Gasteiger partial charge in [0.15, 0.2) is 6.10 Å². The van der Waals surface area contributed by atoms with Crippen LogP contribution in [0.1, 0.15) is 25.0 Å². The lowest BCUT2D eigenvalue weighted by Gasteiger charge is -2.32. The van der Waals surface area contributed by atoms with Crippen LogP contribution in [-0.4, -0.2) is 31.1 Å². The zero-order chi connectivity index (χ0) is 19.2. The predicted molar refractivity (Wildman–Crippen MR) is 103 cm³/mol. The van der Waals surface area contributed by atoms with E-state index in [9.17, 15) is 9.59 Å². The van der Waals surface area contributed by atoms with Crippen LogP contribution in [0, 0.1) is 0 Å². The van der Waals surface area contributed by atoms with Crippen molar-refractivity contribution in [3.05, 3.63) is 59.7 Å². The van der Waals surface area contributed by atoms with Gasteiger partial charge in [-0.25, -0.2) is 0 Å². The third-order valence-electron chi connectivity index (χ3n) is 4.43. The second-order valence-corrected chi connectivity index (χ2v) is 6.33. The average Bonchev–Trinajstić information content (AvgIpc) is 2.68. The standard InChI is InChI=1S/C21H24N2O4/c1-3-26-14-17-9-5-4-8-16(17)12-22-20(24)13-23-18-10-6-7-11-19(18)27-15(2)21(23)25/h4-11,15H,3,12-14H2,1-2H3,(H,22,24). The Bertz CT molecular complexity index is 821. The molecule has 0 radical (unpaired) electrons. The van der Waals surface area contributed by atoms with Crippen LogP contribution >= 0.6 is 0 Å². The van der Waals surface area contributed by atoms with E-state index >= 15 is 0 Å². The number of benzene rings is 2. The Hall–Kier alpha value is -2.86. The van der Waals surface area contributed by atoms with Gasteiger partial charge in [-0.05, 0) is 37.1 Å². The monoisotopic (exact) mass is 368 g/mol. The largest absolute Gasteiger partial charge is 0.479 e. The van der Waals surface area contributed by atoms with Crippen molar-refractivity contribution in [3.63, 3.8) is 0 Å². The summed E-state index contributed by atoms with van der Waals surface area (Å²) in [5.74, 6) is 0.165. The Morgan fingerprint density at radius 3 is 2.63 bits per heavy atom. The second kappa shape index (κ2) is 8.68. The van der Waals surface area contributed by atoms with Crippen molar-refractivity contribution in [1.29, 1.82) is 0 Å². The van der Waals surface area contributed by atoms with E-state index < -0.39 is 6.10 Å². The van der Waals surface area contributed by atoms with E-state index in [4.69, 9.17) is 9.47 Å². The average molecular weight is 368 g/mol. The Kier molecular flexibility index (Phi) is 6.08. The smallest absolute Gasteiger partial charge is 0.268 e. The Morgan fingerprint density at radius 2 is 1.85 bits per heavy atom. The number of carbonyl (C=O) groups excluding carboxylic acids is 2.